The molecular formula is C12H18N2O3. The third kappa shape index (κ3) is 2.66. The van der Waals surface area contributed by atoms with Crippen LogP contribution in [-0.4, -0.2) is 33.5 Å². The topological polar surface area (TPSA) is 66.6 Å². The van der Waals surface area contributed by atoms with Crippen LogP contribution < -0.4 is 0 Å². The van der Waals surface area contributed by atoms with Gasteiger partial charge in [-0.2, -0.15) is 0 Å². The average molecular weight is 238 g/mol. The van der Waals surface area contributed by atoms with Crippen LogP contribution in [0.4, 0.5) is 0 Å². The fourth-order valence-corrected chi connectivity index (χ4v) is 2.24. The lowest BCUT2D eigenvalue weighted by Crippen LogP contribution is -2.44. The van der Waals surface area contributed by atoms with Crippen molar-refractivity contribution in [3.05, 3.63) is 17.3 Å². The van der Waals surface area contributed by atoms with E-state index in [9.17, 15) is 4.79 Å². The van der Waals surface area contributed by atoms with E-state index in [-0.39, 0.29) is 0 Å². The van der Waals surface area contributed by atoms with Crippen LogP contribution in [0.2, 0.25) is 0 Å². The first-order valence-corrected chi connectivity index (χ1v) is 5.97. The number of nitrogens with zero attached hydrogens (tertiary/aromatic N) is 2. The summed E-state index contributed by atoms with van der Waals surface area (Å²) in [5.41, 5.74) is 0.879. The van der Waals surface area contributed by atoms with E-state index in [1.165, 1.54) is 0 Å². The first kappa shape index (κ1) is 12.1. The van der Waals surface area contributed by atoms with Gasteiger partial charge in [-0.1, -0.05) is 6.42 Å². The van der Waals surface area contributed by atoms with E-state index in [4.69, 9.17) is 9.52 Å². The zero-order valence-electron chi connectivity index (χ0n) is 10.3. The van der Waals surface area contributed by atoms with Crippen LogP contribution in [0.1, 0.15) is 36.6 Å². The number of piperidine rings is 1. The molecule has 2 rings (SSSR count). The van der Waals surface area contributed by atoms with Crippen molar-refractivity contribution >= 4 is 5.97 Å². The zero-order chi connectivity index (χ0) is 12.4. The molecule has 0 amide bonds. The number of hydrogen-bond donors (Lipinski definition) is 1. The van der Waals surface area contributed by atoms with Crippen molar-refractivity contribution in [2.45, 2.75) is 45.7 Å². The summed E-state index contributed by atoms with van der Waals surface area (Å²) >= 11 is 0. The van der Waals surface area contributed by atoms with Crippen molar-refractivity contribution in [1.29, 1.82) is 0 Å². The van der Waals surface area contributed by atoms with Crippen LogP contribution in [0.5, 0.6) is 0 Å². The molecule has 1 atom stereocenters. The Kier molecular flexibility index (Phi) is 3.47. The molecule has 1 aromatic rings. The van der Waals surface area contributed by atoms with Gasteiger partial charge >= 0.3 is 5.97 Å². The number of hydrogen-bond acceptors (Lipinski definition) is 4. The second kappa shape index (κ2) is 4.87. The highest BCUT2D eigenvalue weighted by atomic mass is 16.4. The van der Waals surface area contributed by atoms with Crippen molar-refractivity contribution in [3.8, 4) is 0 Å². The van der Waals surface area contributed by atoms with Gasteiger partial charge in [-0.15, -0.1) is 0 Å². The maximum absolute atomic E-state index is 11.1. The van der Waals surface area contributed by atoms with Crippen LogP contribution in [-0.2, 0) is 11.3 Å². The molecule has 5 heteroatoms. The van der Waals surface area contributed by atoms with Gasteiger partial charge in [0.1, 0.15) is 11.8 Å². The SMILES string of the molecule is Cc1nc(CN2CCCCC2C(=O)O)oc1C. The van der Waals surface area contributed by atoms with Crippen LogP contribution in [0, 0.1) is 13.8 Å². The maximum atomic E-state index is 11.1. The van der Waals surface area contributed by atoms with E-state index in [0.717, 1.165) is 30.8 Å². The molecule has 94 valence electrons. The van der Waals surface area contributed by atoms with E-state index in [1.807, 2.05) is 18.7 Å². The summed E-state index contributed by atoms with van der Waals surface area (Å²) in [6.45, 7) is 5.06. The van der Waals surface area contributed by atoms with Gasteiger partial charge in [0.05, 0.1) is 12.2 Å². The Labute approximate surface area is 100 Å². The van der Waals surface area contributed by atoms with E-state index >= 15 is 0 Å². The molecule has 0 aromatic carbocycles. The molecule has 1 unspecified atom stereocenters. The van der Waals surface area contributed by atoms with E-state index < -0.39 is 12.0 Å². The first-order chi connectivity index (χ1) is 8.08. The van der Waals surface area contributed by atoms with Crippen molar-refractivity contribution in [1.82, 2.24) is 9.88 Å². The second-order valence-corrected chi connectivity index (χ2v) is 4.57. The number of carboxylic acid groups (broad SMARTS) is 1. The van der Waals surface area contributed by atoms with Gasteiger partial charge in [0, 0.05) is 0 Å². The molecule has 1 fully saturated rings. The molecule has 1 aromatic heterocycles. The van der Waals surface area contributed by atoms with E-state index in [2.05, 4.69) is 4.98 Å². The molecule has 2 heterocycles. The number of aryl methyl sites for hydroxylation is 2. The Balaban J connectivity index is 2.07. The van der Waals surface area contributed by atoms with E-state index in [0.29, 0.717) is 18.9 Å². The Morgan fingerprint density at radius 3 is 2.88 bits per heavy atom. The van der Waals surface area contributed by atoms with Crippen LogP contribution in [0.15, 0.2) is 4.42 Å². The van der Waals surface area contributed by atoms with Gasteiger partial charge in [0.15, 0.2) is 0 Å². The number of rotatable bonds is 3. The molecule has 1 saturated heterocycles. The quantitative estimate of drug-likeness (QED) is 0.868. The Hall–Kier alpha value is -1.36. The highest BCUT2D eigenvalue weighted by Crippen LogP contribution is 2.20. The standard InChI is InChI=1S/C12H18N2O3/c1-8-9(2)17-11(13-8)7-14-6-4-3-5-10(14)12(15)16/h10H,3-7H2,1-2H3,(H,15,16). The number of carboxylic acids is 1. The van der Waals surface area contributed by atoms with Gasteiger partial charge in [0.2, 0.25) is 5.89 Å². The lowest BCUT2D eigenvalue weighted by atomic mass is 10.0. The normalized spacial score (nSPS) is 21.6. The molecule has 1 aliphatic heterocycles. The Bertz CT molecular complexity index is 394. The third-order valence-electron chi connectivity index (χ3n) is 3.31. The van der Waals surface area contributed by atoms with Crippen molar-refractivity contribution in [2.75, 3.05) is 6.54 Å². The van der Waals surface area contributed by atoms with Gasteiger partial charge in [-0.05, 0) is 33.2 Å². The fourth-order valence-electron chi connectivity index (χ4n) is 2.24. The second-order valence-electron chi connectivity index (χ2n) is 4.57. The molecule has 0 saturated carbocycles. The van der Waals surface area contributed by atoms with E-state index in [1.54, 1.807) is 0 Å². The molecular weight excluding hydrogens is 220 g/mol. The lowest BCUT2D eigenvalue weighted by Gasteiger charge is -2.31. The highest BCUT2D eigenvalue weighted by molar-refractivity contribution is 5.73. The minimum atomic E-state index is -0.746. The molecule has 5 nitrogen and oxygen atoms in total. The summed E-state index contributed by atoms with van der Waals surface area (Å²) in [7, 11) is 0. The summed E-state index contributed by atoms with van der Waals surface area (Å²) in [4.78, 5) is 17.4. The van der Waals surface area contributed by atoms with Gasteiger partial charge in [-0.3, -0.25) is 9.69 Å². The minimum Gasteiger partial charge on any atom is -0.480 e. The van der Waals surface area contributed by atoms with Crippen LogP contribution in [0.25, 0.3) is 0 Å². The number of oxazole rings is 1. The smallest absolute Gasteiger partial charge is 0.320 e. The maximum Gasteiger partial charge on any atom is 0.320 e. The summed E-state index contributed by atoms with van der Waals surface area (Å²) in [5.74, 6) is 0.682. The van der Waals surface area contributed by atoms with Crippen molar-refractivity contribution < 1.29 is 14.3 Å². The van der Waals surface area contributed by atoms with Gasteiger partial charge in [-0.25, -0.2) is 4.98 Å². The summed E-state index contributed by atoms with van der Waals surface area (Å²) < 4.78 is 5.50. The molecule has 0 aliphatic carbocycles. The number of likely N-dealkylation sites (tertiary alicyclic amines) is 1. The fraction of sp³-hybridized carbons (Fsp3) is 0.667. The predicted octanol–water partition coefficient (Wildman–Crippen LogP) is 1.73. The third-order valence-corrected chi connectivity index (χ3v) is 3.31. The first-order valence-electron chi connectivity index (χ1n) is 5.97. The molecule has 1 N–H and O–H groups in total. The zero-order valence-corrected chi connectivity index (χ0v) is 10.3. The van der Waals surface area contributed by atoms with Crippen LogP contribution >= 0.6 is 0 Å². The summed E-state index contributed by atoms with van der Waals surface area (Å²) in [6.07, 6.45) is 2.74. The molecule has 0 spiro atoms. The largest absolute Gasteiger partial charge is 0.480 e. The number of aliphatic carboxylic acids is 1. The molecule has 17 heavy (non-hydrogen) atoms. The monoisotopic (exact) mass is 238 g/mol. The molecule has 1 aliphatic rings. The minimum absolute atomic E-state index is 0.392. The molecule has 0 bridgehead atoms. The van der Waals surface area contributed by atoms with Crippen molar-refractivity contribution in [2.24, 2.45) is 0 Å². The van der Waals surface area contributed by atoms with Crippen molar-refractivity contribution in [3.63, 3.8) is 0 Å². The predicted molar refractivity (Wildman–Crippen MR) is 61.7 cm³/mol. The lowest BCUT2D eigenvalue weighted by molar-refractivity contribution is -0.145. The Morgan fingerprint density at radius 1 is 1.53 bits per heavy atom. The van der Waals surface area contributed by atoms with Gasteiger partial charge in [0.25, 0.3) is 0 Å². The number of aromatic nitrogens is 1. The number of carbonyl (C=O) groups is 1. The highest BCUT2D eigenvalue weighted by Gasteiger charge is 2.29. The molecule has 0 radical (unpaired) electrons. The van der Waals surface area contributed by atoms with Gasteiger partial charge < -0.3 is 9.52 Å². The average Bonchev–Trinajstić information content (AvgIpc) is 2.58. The van der Waals surface area contributed by atoms with Crippen LogP contribution in [0.3, 0.4) is 0 Å². The summed E-state index contributed by atoms with van der Waals surface area (Å²) in [6, 6.07) is -0.392. The summed E-state index contributed by atoms with van der Waals surface area (Å²) in [5, 5.41) is 9.15. The Morgan fingerprint density at radius 2 is 2.29 bits per heavy atom.